The van der Waals surface area contributed by atoms with Gasteiger partial charge in [-0.15, -0.1) is 0 Å². The Morgan fingerprint density at radius 2 is 1.92 bits per heavy atom. The predicted molar refractivity (Wildman–Crippen MR) is 96.5 cm³/mol. The van der Waals surface area contributed by atoms with E-state index >= 15 is 0 Å². The third kappa shape index (κ3) is 4.46. The maximum absolute atomic E-state index is 12.2. The van der Waals surface area contributed by atoms with Gasteiger partial charge in [0.1, 0.15) is 5.76 Å². The fraction of sp³-hybridized carbons (Fsp3) is 0.750. The van der Waals surface area contributed by atoms with Crippen molar-refractivity contribution in [3.05, 3.63) is 17.5 Å². The second-order valence-corrected chi connectivity index (χ2v) is 8.33. The van der Waals surface area contributed by atoms with Crippen LogP contribution in [0.15, 0.2) is 10.6 Å². The van der Waals surface area contributed by atoms with Crippen molar-refractivity contribution in [1.82, 2.24) is 15.4 Å². The Hall–Kier alpha value is -1.85. The lowest BCUT2D eigenvalue weighted by Crippen LogP contribution is -2.53. The highest BCUT2D eigenvalue weighted by Crippen LogP contribution is 2.40. The van der Waals surface area contributed by atoms with Crippen molar-refractivity contribution in [3.63, 3.8) is 0 Å². The van der Waals surface area contributed by atoms with Crippen LogP contribution in [0.2, 0.25) is 0 Å². The zero-order chi connectivity index (χ0) is 17.9. The van der Waals surface area contributed by atoms with Gasteiger partial charge in [0.05, 0.1) is 12.1 Å². The molecule has 0 unspecified atom stereocenters. The first-order valence-corrected chi connectivity index (χ1v) is 10.2. The lowest BCUT2D eigenvalue weighted by Gasteiger charge is -2.39. The third-order valence-electron chi connectivity index (χ3n) is 6.04. The maximum Gasteiger partial charge on any atom is 0.226 e. The van der Waals surface area contributed by atoms with Crippen molar-refractivity contribution in [3.8, 4) is 0 Å². The molecular weight excluding hydrogens is 330 g/mol. The topological polar surface area (TPSA) is 75.4 Å². The molecule has 3 aliphatic rings. The number of hydrogen-bond donors (Lipinski definition) is 1. The van der Waals surface area contributed by atoms with E-state index in [1.807, 2.05) is 11.0 Å². The van der Waals surface area contributed by atoms with E-state index in [4.69, 9.17) is 4.52 Å². The van der Waals surface area contributed by atoms with Gasteiger partial charge >= 0.3 is 0 Å². The molecule has 26 heavy (non-hydrogen) atoms. The highest BCUT2D eigenvalue weighted by molar-refractivity contribution is 5.78. The Morgan fingerprint density at radius 3 is 2.65 bits per heavy atom. The summed E-state index contributed by atoms with van der Waals surface area (Å²) in [7, 11) is 0. The average Bonchev–Trinajstić information content (AvgIpc) is 3.11. The van der Waals surface area contributed by atoms with Gasteiger partial charge in [-0.1, -0.05) is 30.8 Å². The van der Waals surface area contributed by atoms with E-state index in [0.717, 1.165) is 31.2 Å². The van der Waals surface area contributed by atoms with E-state index in [2.05, 4.69) is 10.5 Å². The van der Waals surface area contributed by atoms with Crippen LogP contribution in [-0.2, 0) is 16.0 Å². The van der Waals surface area contributed by atoms with E-state index in [1.54, 1.807) is 0 Å². The Labute approximate surface area is 154 Å². The van der Waals surface area contributed by atoms with Crippen LogP contribution in [0.25, 0.3) is 0 Å². The van der Waals surface area contributed by atoms with Crippen molar-refractivity contribution in [1.29, 1.82) is 0 Å². The molecule has 0 radical (unpaired) electrons. The second-order valence-electron chi connectivity index (χ2n) is 8.33. The monoisotopic (exact) mass is 359 g/mol. The minimum absolute atomic E-state index is 0.0216. The molecule has 2 aliphatic carbocycles. The van der Waals surface area contributed by atoms with Crippen molar-refractivity contribution < 1.29 is 14.1 Å². The molecule has 0 spiro atoms. The van der Waals surface area contributed by atoms with E-state index < -0.39 is 0 Å². The number of carbonyl (C=O) groups is 2. The van der Waals surface area contributed by atoms with Gasteiger partial charge in [-0.05, 0) is 25.2 Å². The summed E-state index contributed by atoms with van der Waals surface area (Å²) in [6.07, 6.45) is 9.62. The van der Waals surface area contributed by atoms with Crippen LogP contribution in [0, 0.1) is 11.8 Å². The molecule has 1 aromatic rings. The number of carbonyl (C=O) groups excluding carboxylic acids is 2. The summed E-state index contributed by atoms with van der Waals surface area (Å²) < 4.78 is 5.27. The Balaban J connectivity index is 1.09. The molecule has 1 aromatic heterocycles. The van der Waals surface area contributed by atoms with Crippen LogP contribution < -0.4 is 5.32 Å². The van der Waals surface area contributed by atoms with Crippen LogP contribution in [0.1, 0.15) is 68.7 Å². The fourth-order valence-electron chi connectivity index (χ4n) is 4.14. The van der Waals surface area contributed by atoms with Crippen LogP contribution >= 0.6 is 0 Å². The van der Waals surface area contributed by atoms with Crippen LogP contribution in [-0.4, -0.2) is 41.5 Å². The summed E-state index contributed by atoms with van der Waals surface area (Å²) >= 11 is 0. The van der Waals surface area contributed by atoms with Crippen molar-refractivity contribution in [2.45, 2.75) is 63.7 Å². The number of amides is 2. The van der Waals surface area contributed by atoms with Gasteiger partial charge in [0.2, 0.25) is 11.8 Å². The summed E-state index contributed by atoms with van der Waals surface area (Å²) in [5.41, 5.74) is 0.710. The predicted octanol–water partition coefficient (Wildman–Crippen LogP) is 2.64. The van der Waals surface area contributed by atoms with Crippen LogP contribution in [0.3, 0.4) is 0 Å². The number of nitrogens with one attached hydrogen (secondary N) is 1. The molecular formula is C20H29N3O3. The largest absolute Gasteiger partial charge is 0.361 e. The van der Waals surface area contributed by atoms with Gasteiger partial charge in [0, 0.05) is 44.0 Å². The maximum atomic E-state index is 12.2. The molecule has 0 aromatic carbocycles. The first kappa shape index (κ1) is 17.6. The highest BCUT2D eigenvalue weighted by atomic mass is 16.5. The molecule has 1 saturated heterocycles. The standard InChI is InChI=1S/C20H29N3O3/c24-19(10-17-9-18(26-22-17)16-6-7-16)21-11-15-12-23(13-15)20(25)8-5-14-3-1-2-4-14/h9,14-16H,1-8,10-13H2,(H,21,24). The van der Waals surface area contributed by atoms with Crippen molar-refractivity contribution >= 4 is 11.8 Å². The number of rotatable bonds is 8. The Morgan fingerprint density at radius 1 is 1.15 bits per heavy atom. The van der Waals surface area contributed by atoms with E-state index in [-0.39, 0.29) is 18.2 Å². The van der Waals surface area contributed by atoms with Crippen LogP contribution in [0.4, 0.5) is 0 Å². The summed E-state index contributed by atoms with van der Waals surface area (Å²) in [4.78, 5) is 26.2. The molecule has 4 rings (SSSR count). The molecule has 1 N–H and O–H groups in total. The molecule has 142 valence electrons. The Bertz CT molecular complexity index is 640. The van der Waals surface area contributed by atoms with Gasteiger partial charge in [-0.3, -0.25) is 9.59 Å². The molecule has 2 saturated carbocycles. The summed E-state index contributed by atoms with van der Waals surface area (Å²) in [5, 5.41) is 6.94. The zero-order valence-electron chi connectivity index (χ0n) is 15.4. The lowest BCUT2D eigenvalue weighted by atomic mass is 9.97. The lowest BCUT2D eigenvalue weighted by molar-refractivity contribution is -0.137. The third-order valence-corrected chi connectivity index (χ3v) is 6.04. The number of likely N-dealkylation sites (tertiary alicyclic amines) is 1. The van der Waals surface area contributed by atoms with E-state index in [0.29, 0.717) is 30.5 Å². The number of aromatic nitrogens is 1. The van der Waals surface area contributed by atoms with Gasteiger partial charge in [0.25, 0.3) is 0 Å². The summed E-state index contributed by atoms with van der Waals surface area (Å²) in [5.74, 6) is 2.85. The van der Waals surface area contributed by atoms with Crippen LogP contribution in [0.5, 0.6) is 0 Å². The van der Waals surface area contributed by atoms with Crippen molar-refractivity contribution in [2.24, 2.45) is 11.8 Å². The smallest absolute Gasteiger partial charge is 0.226 e. The van der Waals surface area contributed by atoms with E-state index in [1.165, 1.54) is 38.5 Å². The zero-order valence-corrected chi connectivity index (χ0v) is 15.4. The first-order chi connectivity index (χ1) is 12.7. The van der Waals surface area contributed by atoms with Crippen molar-refractivity contribution in [2.75, 3.05) is 19.6 Å². The second kappa shape index (κ2) is 7.80. The SMILES string of the molecule is O=C(Cc1cc(C2CC2)on1)NCC1CN(C(=O)CCC2CCCC2)C1. The van der Waals surface area contributed by atoms with Gasteiger partial charge in [-0.2, -0.15) is 0 Å². The molecule has 1 aliphatic heterocycles. The highest BCUT2D eigenvalue weighted by Gasteiger charge is 2.31. The Kier molecular flexibility index (Phi) is 5.27. The van der Waals surface area contributed by atoms with Gasteiger partial charge < -0.3 is 14.7 Å². The fourth-order valence-corrected chi connectivity index (χ4v) is 4.14. The number of nitrogens with zero attached hydrogens (tertiary/aromatic N) is 2. The summed E-state index contributed by atoms with van der Waals surface area (Å²) in [6, 6.07) is 1.91. The first-order valence-electron chi connectivity index (χ1n) is 10.2. The minimum atomic E-state index is -0.0216. The number of hydrogen-bond acceptors (Lipinski definition) is 4. The van der Waals surface area contributed by atoms with Gasteiger partial charge in [0.15, 0.2) is 0 Å². The molecule has 2 amide bonds. The molecule has 6 heteroatoms. The van der Waals surface area contributed by atoms with Gasteiger partial charge in [-0.25, -0.2) is 0 Å². The molecule has 6 nitrogen and oxygen atoms in total. The molecule has 0 bridgehead atoms. The summed E-state index contributed by atoms with van der Waals surface area (Å²) in [6.45, 7) is 2.19. The van der Waals surface area contributed by atoms with E-state index in [9.17, 15) is 9.59 Å². The average molecular weight is 359 g/mol. The molecule has 0 atom stereocenters. The normalized spacial score (nSPS) is 21.0. The minimum Gasteiger partial charge on any atom is -0.361 e. The molecule has 2 heterocycles. The quantitative estimate of drug-likeness (QED) is 0.774. The molecule has 3 fully saturated rings.